The van der Waals surface area contributed by atoms with Crippen molar-refractivity contribution in [2.75, 3.05) is 10.5 Å². The fourth-order valence-corrected chi connectivity index (χ4v) is 2.56. The smallest absolute Gasteiger partial charge is 0.119 e. The van der Waals surface area contributed by atoms with Crippen molar-refractivity contribution in [3.8, 4) is 12.1 Å². The molecule has 3 N–H and O–H groups in total. The SMILES string of the molecule is Cc1cc(C#N)c(Nc2ccc(C#N)cc2N(O)O)s1. The maximum atomic E-state index is 9.21. The summed E-state index contributed by atoms with van der Waals surface area (Å²) >= 11 is 1.38. The molecule has 2 rings (SSSR count). The van der Waals surface area contributed by atoms with Crippen molar-refractivity contribution < 1.29 is 10.4 Å². The van der Waals surface area contributed by atoms with E-state index in [1.54, 1.807) is 18.2 Å². The van der Waals surface area contributed by atoms with Gasteiger partial charge < -0.3 is 5.32 Å². The topological polar surface area (TPSA) is 103 Å². The molecule has 1 heterocycles. The van der Waals surface area contributed by atoms with Crippen LogP contribution in [0.15, 0.2) is 24.3 Å². The monoisotopic (exact) mass is 286 g/mol. The largest absolute Gasteiger partial charge is 0.344 e. The summed E-state index contributed by atoms with van der Waals surface area (Å²) in [5.41, 5.74) is 1.18. The molecule has 7 heteroatoms. The summed E-state index contributed by atoms with van der Waals surface area (Å²) in [5, 5.41) is 39.8. The highest BCUT2D eigenvalue weighted by molar-refractivity contribution is 7.16. The van der Waals surface area contributed by atoms with Gasteiger partial charge in [0, 0.05) is 4.88 Å². The van der Waals surface area contributed by atoms with Gasteiger partial charge >= 0.3 is 0 Å². The number of anilines is 3. The standard InChI is InChI=1S/C13H10N4O2S/c1-8-4-10(7-15)13(20-8)16-11-3-2-9(6-14)5-12(11)17(18)19/h2-5,16,18-19H,1H3. The molecule has 0 amide bonds. The zero-order chi connectivity index (χ0) is 14.7. The molecule has 1 aromatic carbocycles. The first-order chi connectivity index (χ1) is 9.55. The van der Waals surface area contributed by atoms with E-state index in [1.807, 2.05) is 13.0 Å². The maximum absolute atomic E-state index is 9.21. The second-order valence-corrected chi connectivity index (χ2v) is 5.23. The summed E-state index contributed by atoms with van der Waals surface area (Å²) in [5.74, 6) is 0. The minimum Gasteiger partial charge on any atom is -0.344 e. The minimum absolute atomic E-state index is 0.0268. The molecule has 100 valence electrons. The summed E-state index contributed by atoms with van der Waals surface area (Å²) < 4.78 is 0. The van der Waals surface area contributed by atoms with E-state index in [2.05, 4.69) is 11.4 Å². The predicted molar refractivity (Wildman–Crippen MR) is 74.3 cm³/mol. The van der Waals surface area contributed by atoms with Gasteiger partial charge in [0.1, 0.15) is 16.8 Å². The average Bonchev–Trinajstić information content (AvgIpc) is 2.79. The minimum atomic E-state index is -0.0598. The Kier molecular flexibility index (Phi) is 3.87. The number of hydrogen-bond donors (Lipinski definition) is 3. The molecule has 0 aliphatic rings. The van der Waals surface area contributed by atoms with Crippen LogP contribution in [0, 0.1) is 29.6 Å². The van der Waals surface area contributed by atoms with Crippen LogP contribution in [-0.2, 0) is 0 Å². The van der Waals surface area contributed by atoms with Crippen LogP contribution in [-0.4, -0.2) is 10.4 Å². The summed E-state index contributed by atoms with van der Waals surface area (Å²) in [7, 11) is 0. The van der Waals surface area contributed by atoms with Crippen molar-refractivity contribution in [2.45, 2.75) is 6.92 Å². The summed E-state index contributed by atoms with van der Waals surface area (Å²) in [6, 6.07) is 10.1. The Bertz CT molecular complexity index is 725. The van der Waals surface area contributed by atoms with Crippen molar-refractivity contribution in [1.82, 2.24) is 0 Å². The van der Waals surface area contributed by atoms with Crippen LogP contribution >= 0.6 is 11.3 Å². The van der Waals surface area contributed by atoms with Crippen molar-refractivity contribution in [3.63, 3.8) is 0 Å². The van der Waals surface area contributed by atoms with Crippen LogP contribution in [0.3, 0.4) is 0 Å². The van der Waals surface area contributed by atoms with Crippen molar-refractivity contribution >= 4 is 27.7 Å². The third kappa shape index (κ3) is 2.71. The molecule has 0 bridgehead atoms. The van der Waals surface area contributed by atoms with Crippen molar-refractivity contribution in [1.29, 1.82) is 10.5 Å². The van der Waals surface area contributed by atoms with Gasteiger partial charge in [-0.05, 0) is 31.2 Å². The number of nitrogens with zero attached hydrogens (tertiary/aromatic N) is 3. The number of nitrogens with one attached hydrogen (secondary N) is 1. The molecule has 0 radical (unpaired) electrons. The van der Waals surface area contributed by atoms with Gasteiger partial charge in [-0.1, -0.05) is 0 Å². The fraction of sp³-hybridized carbons (Fsp3) is 0.0769. The molecule has 1 aromatic heterocycles. The van der Waals surface area contributed by atoms with Crippen LogP contribution in [0.4, 0.5) is 16.4 Å². The predicted octanol–water partition coefficient (Wildman–Crippen LogP) is 3.13. The molecule has 0 unspecified atom stereocenters. The third-order valence-corrected chi connectivity index (χ3v) is 3.53. The number of thiophene rings is 1. The average molecular weight is 286 g/mol. The Labute approximate surface area is 119 Å². The lowest BCUT2D eigenvalue weighted by molar-refractivity contribution is 0.0295. The van der Waals surface area contributed by atoms with Gasteiger partial charge in [0.25, 0.3) is 0 Å². The summed E-state index contributed by atoms with van der Waals surface area (Å²) in [6.07, 6.45) is 0. The molecule has 0 aliphatic heterocycles. The number of rotatable bonds is 3. The van der Waals surface area contributed by atoms with Crippen LogP contribution in [0.2, 0.25) is 0 Å². The van der Waals surface area contributed by atoms with Gasteiger partial charge in [-0.2, -0.15) is 10.5 Å². The van der Waals surface area contributed by atoms with Gasteiger partial charge in [-0.15, -0.1) is 16.6 Å². The number of benzene rings is 1. The van der Waals surface area contributed by atoms with Crippen LogP contribution in [0.25, 0.3) is 0 Å². The molecule has 20 heavy (non-hydrogen) atoms. The molecule has 0 spiro atoms. The molecular formula is C13H10N4O2S. The third-order valence-electron chi connectivity index (χ3n) is 2.57. The lowest BCUT2D eigenvalue weighted by Crippen LogP contribution is -2.13. The molecule has 2 aromatic rings. The highest BCUT2D eigenvalue weighted by Gasteiger charge is 2.13. The number of aryl methyl sites for hydroxylation is 1. The molecule has 0 saturated heterocycles. The first kappa shape index (κ1) is 13.8. The van der Waals surface area contributed by atoms with E-state index in [1.165, 1.54) is 17.4 Å². The van der Waals surface area contributed by atoms with E-state index in [0.717, 1.165) is 4.88 Å². The molecule has 6 nitrogen and oxygen atoms in total. The molecule has 0 fully saturated rings. The van der Waals surface area contributed by atoms with Gasteiger partial charge in [-0.3, -0.25) is 10.4 Å². The Hall–Kier alpha value is -2.58. The summed E-state index contributed by atoms with van der Waals surface area (Å²) in [4.78, 5) is 0.962. The molecule has 0 aliphatic carbocycles. The van der Waals surface area contributed by atoms with Gasteiger partial charge in [0.2, 0.25) is 0 Å². The van der Waals surface area contributed by atoms with Gasteiger partial charge in [0.05, 0.1) is 22.9 Å². The molecular weight excluding hydrogens is 276 g/mol. The van der Waals surface area contributed by atoms with Gasteiger partial charge in [0.15, 0.2) is 0 Å². The van der Waals surface area contributed by atoms with Crippen molar-refractivity contribution in [2.24, 2.45) is 0 Å². The quantitative estimate of drug-likeness (QED) is 0.749. The lowest BCUT2D eigenvalue weighted by Gasteiger charge is -2.14. The summed E-state index contributed by atoms with van der Waals surface area (Å²) in [6.45, 7) is 1.88. The Morgan fingerprint density at radius 3 is 2.55 bits per heavy atom. The van der Waals surface area contributed by atoms with Crippen LogP contribution in [0.5, 0.6) is 0 Å². The lowest BCUT2D eigenvalue weighted by atomic mass is 10.2. The Morgan fingerprint density at radius 1 is 1.20 bits per heavy atom. The normalized spacial score (nSPS) is 9.65. The van der Waals surface area contributed by atoms with E-state index in [4.69, 9.17) is 10.5 Å². The fourth-order valence-electron chi connectivity index (χ4n) is 1.68. The van der Waals surface area contributed by atoms with E-state index in [0.29, 0.717) is 21.8 Å². The van der Waals surface area contributed by atoms with Crippen LogP contribution < -0.4 is 10.5 Å². The second-order valence-electron chi connectivity index (χ2n) is 3.97. The highest BCUT2D eigenvalue weighted by atomic mass is 32.1. The maximum Gasteiger partial charge on any atom is 0.119 e. The Balaban J connectivity index is 2.43. The first-order valence-electron chi connectivity index (χ1n) is 5.54. The van der Waals surface area contributed by atoms with E-state index >= 15 is 0 Å². The first-order valence-corrected chi connectivity index (χ1v) is 6.36. The van der Waals surface area contributed by atoms with Crippen LogP contribution in [0.1, 0.15) is 16.0 Å². The highest BCUT2D eigenvalue weighted by Crippen LogP contribution is 2.34. The number of hydrogen-bond acceptors (Lipinski definition) is 7. The Morgan fingerprint density at radius 2 is 1.95 bits per heavy atom. The van der Waals surface area contributed by atoms with E-state index in [9.17, 15) is 10.4 Å². The molecule has 0 saturated carbocycles. The molecule has 0 atom stereocenters. The van der Waals surface area contributed by atoms with E-state index in [-0.39, 0.29) is 10.9 Å². The van der Waals surface area contributed by atoms with Gasteiger partial charge in [-0.25, -0.2) is 0 Å². The van der Waals surface area contributed by atoms with Crippen molar-refractivity contribution in [3.05, 3.63) is 40.3 Å². The second kappa shape index (κ2) is 5.59. The number of nitriles is 2. The van der Waals surface area contributed by atoms with E-state index < -0.39 is 0 Å². The zero-order valence-electron chi connectivity index (χ0n) is 10.5. The zero-order valence-corrected chi connectivity index (χ0v) is 11.3.